The van der Waals surface area contributed by atoms with Crippen molar-refractivity contribution in [1.29, 1.82) is 0 Å². The first-order chi connectivity index (χ1) is 7.02. The Kier molecular flexibility index (Phi) is 1.31. The van der Waals surface area contributed by atoms with Crippen LogP contribution in [0.3, 0.4) is 0 Å². The van der Waals surface area contributed by atoms with Crippen molar-refractivity contribution < 1.29 is 0 Å². The lowest BCUT2D eigenvalue weighted by molar-refractivity contribution is -0.102. The predicted molar refractivity (Wildman–Crippen MR) is 62.5 cm³/mol. The van der Waals surface area contributed by atoms with Gasteiger partial charge in [0.2, 0.25) is 0 Å². The van der Waals surface area contributed by atoms with Gasteiger partial charge in [0.05, 0.1) is 0 Å². The Bertz CT molecular complexity index is 333. The molecule has 6 atom stereocenters. The highest BCUT2D eigenvalue weighted by atomic mass is 14.8. The molecule has 4 bridgehead atoms. The van der Waals surface area contributed by atoms with E-state index in [9.17, 15) is 0 Å². The summed E-state index contributed by atoms with van der Waals surface area (Å²) in [6.07, 6.45) is 9.36. The van der Waals surface area contributed by atoms with Crippen molar-refractivity contribution in [3.8, 4) is 0 Å². The summed E-state index contributed by atoms with van der Waals surface area (Å²) in [5.74, 6) is 3.28. The first-order valence-electron chi connectivity index (χ1n) is 7.02. The molecule has 0 amide bonds. The lowest BCUT2D eigenvalue weighted by Crippen LogP contribution is -2.51. The van der Waals surface area contributed by atoms with Crippen molar-refractivity contribution in [2.75, 3.05) is 0 Å². The van der Waals surface area contributed by atoms with Gasteiger partial charge in [0.15, 0.2) is 0 Å². The highest BCUT2D eigenvalue weighted by Gasteiger charge is 2.78. The molecule has 5 saturated carbocycles. The van der Waals surface area contributed by atoms with E-state index in [0.717, 1.165) is 34.0 Å². The van der Waals surface area contributed by atoms with E-state index in [1.165, 1.54) is 12.8 Å². The van der Waals surface area contributed by atoms with E-state index in [1.807, 2.05) is 0 Å². The van der Waals surface area contributed by atoms with Gasteiger partial charge in [-0.05, 0) is 59.7 Å². The maximum Gasteiger partial charge on any atom is -0.0233 e. The highest BCUT2D eigenvalue weighted by Crippen LogP contribution is 2.86. The maximum atomic E-state index is 2.64. The van der Waals surface area contributed by atoms with E-state index in [0.29, 0.717) is 0 Å². The minimum absolute atomic E-state index is 0.725. The largest absolute Gasteiger partial charge is 0.0620 e. The first-order valence-corrected chi connectivity index (χ1v) is 7.02. The third kappa shape index (κ3) is 0.746. The van der Waals surface area contributed by atoms with Gasteiger partial charge in [0, 0.05) is 0 Å². The minimum atomic E-state index is 0.725. The van der Waals surface area contributed by atoms with Crippen LogP contribution in [0, 0.1) is 34.0 Å². The van der Waals surface area contributed by atoms with Gasteiger partial charge in [-0.2, -0.15) is 0 Å². The van der Waals surface area contributed by atoms with Crippen LogP contribution in [0.4, 0.5) is 0 Å². The average molecular weight is 204 g/mol. The lowest BCUT2D eigenvalue weighted by Gasteiger charge is -2.60. The zero-order valence-corrected chi connectivity index (χ0v) is 10.5. The van der Waals surface area contributed by atoms with Crippen molar-refractivity contribution in [3.63, 3.8) is 0 Å². The van der Waals surface area contributed by atoms with Gasteiger partial charge < -0.3 is 0 Å². The Morgan fingerprint density at radius 3 is 2.47 bits per heavy atom. The molecule has 0 radical (unpaired) electrons. The van der Waals surface area contributed by atoms with Gasteiger partial charge in [0.1, 0.15) is 0 Å². The summed E-state index contributed by atoms with van der Waals surface area (Å²) in [7, 11) is 0. The standard InChI is InChI=1S/C15H24/c1-10-5-4-6-15-8-12-11(7-14(10,15)3)13(12,2)9-15/h10-12H,4-9H2,1-3H3/t10-,11+,12?,13+,14+,15-/m1/s1. The Labute approximate surface area is 93.8 Å². The smallest absolute Gasteiger partial charge is 0.0233 e. The molecule has 5 aliphatic carbocycles. The van der Waals surface area contributed by atoms with Crippen LogP contribution >= 0.6 is 0 Å². The fourth-order valence-corrected chi connectivity index (χ4v) is 6.37. The molecule has 0 heteroatoms. The van der Waals surface area contributed by atoms with Crippen LogP contribution in [0.15, 0.2) is 0 Å². The normalized spacial score (nSPS) is 70.2. The van der Waals surface area contributed by atoms with Gasteiger partial charge in [-0.1, -0.05) is 33.6 Å². The summed E-state index contributed by atoms with van der Waals surface area (Å²) < 4.78 is 0. The van der Waals surface area contributed by atoms with E-state index < -0.39 is 0 Å². The minimum Gasteiger partial charge on any atom is -0.0620 e. The Hall–Kier alpha value is 0. The van der Waals surface area contributed by atoms with Crippen molar-refractivity contribution in [1.82, 2.24) is 0 Å². The van der Waals surface area contributed by atoms with E-state index in [1.54, 1.807) is 25.7 Å². The highest BCUT2D eigenvalue weighted by molar-refractivity contribution is 5.27. The summed E-state index contributed by atoms with van der Waals surface area (Å²) in [6, 6.07) is 0. The van der Waals surface area contributed by atoms with Gasteiger partial charge in [-0.15, -0.1) is 0 Å². The molecule has 5 aliphatic rings. The van der Waals surface area contributed by atoms with Crippen molar-refractivity contribution in [2.45, 2.75) is 59.3 Å². The second-order valence-corrected chi connectivity index (χ2v) is 7.79. The monoisotopic (exact) mass is 204 g/mol. The van der Waals surface area contributed by atoms with Gasteiger partial charge >= 0.3 is 0 Å². The molecule has 0 aromatic heterocycles. The quantitative estimate of drug-likeness (QED) is 0.553. The lowest BCUT2D eigenvalue weighted by atomic mass is 9.45. The molecule has 0 heterocycles. The predicted octanol–water partition coefficient (Wildman–Crippen LogP) is 4.25. The third-order valence-corrected chi connectivity index (χ3v) is 7.64. The molecule has 0 nitrogen and oxygen atoms in total. The molecular formula is C15H24. The molecule has 0 aromatic carbocycles. The van der Waals surface area contributed by atoms with Crippen LogP contribution in [0.1, 0.15) is 59.3 Å². The number of hydrogen-bond acceptors (Lipinski definition) is 0. The zero-order chi connectivity index (χ0) is 10.5. The van der Waals surface area contributed by atoms with Crippen molar-refractivity contribution in [2.24, 2.45) is 34.0 Å². The van der Waals surface area contributed by atoms with E-state index >= 15 is 0 Å². The summed E-state index contributed by atoms with van der Waals surface area (Å²) in [4.78, 5) is 0. The van der Waals surface area contributed by atoms with Crippen LogP contribution in [0.25, 0.3) is 0 Å². The third-order valence-electron chi connectivity index (χ3n) is 7.64. The molecular weight excluding hydrogens is 180 g/mol. The van der Waals surface area contributed by atoms with E-state index in [2.05, 4.69) is 20.8 Å². The number of hydrogen-bond donors (Lipinski definition) is 0. The topological polar surface area (TPSA) is 0 Å². The summed E-state index contributed by atoms with van der Waals surface area (Å²) in [5, 5.41) is 0. The summed E-state index contributed by atoms with van der Waals surface area (Å²) in [5.41, 5.74) is 2.33. The molecule has 0 aliphatic heterocycles. The Balaban J connectivity index is 1.81. The molecule has 0 saturated heterocycles. The van der Waals surface area contributed by atoms with Crippen LogP contribution in [-0.4, -0.2) is 0 Å². The molecule has 5 rings (SSSR count). The fourth-order valence-electron chi connectivity index (χ4n) is 6.37. The molecule has 84 valence electrons. The van der Waals surface area contributed by atoms with Crippen molar-refractivity contribution in [3.05, 3.63) is 0 Å². The van der Waals surface area contributed by atoms with Gasteiger partial charge in [-0.25, -0.2) is 0 Å². The second kappa shape index (κ2) is 2.17. The zero-order valence-electron chi connectivity index (χ0n) is 10.5. The van der Waals surface area contributed by atoms with Crippen LogP contribution < -0.4 is 0 Å². The molecule has 0 N–H and O–H groups in total. The van der Waals surface area contributed by atoms with E-state index in [-0.39, 0.29) is 0 Å². The SMILES string of the molecule is C[C@@H]1CCC[C@]23CC4[C@H](C[C@@]12C)[C@]4(C)C3. The molecule has 5 fully saturated rings. The first kappa shape index (κ1) is 9.07. The fraction of sp³-hybridized carbons (Fsp3) is 1.00. The Morgan fingerprint density at radius 1 is 1.07 bits per heavy atom. The number of rotatable bonds is 0. The molecule has 1 unspecified atom stereocenters. The van der Waals surface area contributed by atoms with Gasteiger partial charge in [-0.3, -0.25) is 0 Å². The van der Waals surface area contributed by atoms with Crippen LogP contribution in [0.2, 0.25) is 0 Å². The van der Waals surface area contributed by atoms with Crippen LogP contribution in [-0.2, 0) is 0 Å². The average Bonchev–Trinajstić information content (AvgIpc) is 2.60. The van der Waals surface area contributed by atoms with E-state index in [4.69, 9.17) is 0 Å². The summed E-state index contributed by atoms with van der Waals surface area (Å²) in [6.45, 7) is 7.78. The molecule has 15 heavy (non-hydrogen) atoms. The molecule has 0 aromatic rings. The van der Waals surface area contributed by atoms with Gasteiger partial charge in [0.25, 0.3) is 0 Å². The molecule has 1 spiro atoms. The van der Waals surface area contributed by atoms with Crippen molar-refractivity contribution >= 4 is 0 Å². The van der Waals surface area contributed by atoms with Crippen LogP contribution in [0.5, 0.6) is 0 Å². The Morgan fingerprint density at radius 2 is 1.80 bits per heavy atom. The maximum absolute atomic E-state index is 2.64. The summed E-state index contributed by atoms with van der Waals surface area (Å²) >= 11 is 0. The second-order valence-electron chi connectivity index (χ2n) is 7.79.